The van der Waals surface area contributed by atoms with Crippen molar-refractivity contribution in [3.05, 3.63) is 0 Å². The quantitative estimate of drug-likeness (QED) is 0.0166. The number of nitrogens with one attached hydrogen (secondary N) is 10. The molecule has 18 atom stereocenters. The molecule has 0 aromatic carbocycles. The third-order valence-corrected chi connectivity index (χ3v) is 18.6. The summed E-state index contributed by atoms with van der Waals surface area (Å²) in [5.74, 6) is -12.5. The normalized spacial score (nSPS) is 16.5. The topological polar surface area (TPSA) is 618 Å². The SMILES string of the molecule is CC[C@H](C)[C@H](NC(=O)[C@@H](NC(=O)[C@@H](NC(=O)[C@H](CCCN=C(N)N)NC(=O)[C@@H](NC(=O)[C@@H](NC(=O)[C@H](CCCN=C(N)N)NC(=O)[C@@H](NC(=O)[C@@H](NC(=O)[C@H](CCCN=C(N)N)NC(=O)[C@@H](N)CCCN=C(N)N)[C@@H](C)CC)[C@@H](C)CC)[C@@H](C)CC)[C@@H](C)CC)[C@@H](C)CC)[C@@H](C)CC)C(N)=O. The van der Waals surface area contributed by atoms with Crippen LogP contribution in [0, 0.1) is 41.4 Å². The minimum Gasteiger partial charge on any atom is -0.370 e. The Hall–Kier alpha value is -8.79. The van der Waals surface area contributed by atoms with Crippen molar-refractivity contribution in [2.75, 3.05) is 26.2 Å². The van der Waals surface area contributed by atoms with Gasteiger partial charge in [-0.1, -0.05) is 142 Å². The van der Waals surface area contributed by atoms with E-state index in [9.17, 15) is 52.7 Å². The van der Waals surface area contributed by atoms with E-state index in [2.05, 4.69) is 73.1 Å². The maximum absolute atomic E-state index is 14.8. The van der Waals surface area contributed by atoms with Gasteiger partial charge in [-0.05, 0) is 92.8 Å². The van der Waals surface area contributed by atoms with Gasteiger partial charge >= 0.3 is 0 Å². The number of carbonyl (C=O) groups excluding carboxylic acids is 11. The molecule has 35 nitrogen and oxygen atoms in total. The Morgan fingerprint density at radius 2 is 0.436 bits per heavy atom. The molecule has 0 radical (unpaired) electrons. The maximum atomic E-state index is 14.8. The molecule has 0 aromatic rings. The molecule has 101 heavy (non-hydrogen) atoms. The van der Waals surface area contributed by atoms with Gasteiger partial charge in [0.2, 0.25) is 65.0 Å². The molecule has 0 unspecified atom stereocenters. The second-order valence-electron chi connectivity index (χ2n) is 26.6. The smallest absolute Gasteiger partial charge is 0.243 e. The molecular formula is C66H128N24O11. The standard InChI is InChI=1S/C66H128N24O11/c1-15-34(8)45(52(68)91)84-59(98)51(40(14)21-7)90-62(101)50(39(13)20-6)87-56(95)44(29-25-33-80-66(75)76)83-58(97)47(36(10)17-3)89-61(100)49(38(12)19-5)86-55(94)43(28-24-32-79-65(73)74)82-57(96)46(35(9)16-2)88-60(99)48(37(11)18-4)85-54(93)42(27-23-31-78-64(71)72)81-53(92)41(67)26-22-30-77-63(69)70/h34-51H,15-33,67H2,1-14H3,(H2,68,91)(H,81,92)(H,82,96)(H,83,97)(H,84,98)(H,85,93)(H,86,94)(H,87,95)(H,88,99)(H,89,100)(H,90,101)(H4,69,70,77)(H4,71,72,78)(H4,73,74,79)(H4,75,76,80)/t34-,35-,36-,37-,38-,39-,40-,41-,42-,43-,44-,45-,46-,47-,48-,49-,50-,51-/m0/s1. The van der Waals surface area contributed by atoms with Gasteiger partial charge in [0.1, 0.15) is 60.4 Å². The van der Waals surface area contributed by atoms with E-state index in [0.717, 1.165) is 0 Å². The van der Waals surface area contributed by atoms with Gasteiger partial charge in [0, 0.05) is 26.2 Å². The van der Waals surface area contributed by atoms with Gasteiger partial charge in [0.25, 0.3) is 0 Å². The molecule has 0 rings (SSSR count). The lowest BCUT2D eigenvalue weighted by atomic mass is 9.93. The minimum absolute atomic E-state index is 0.0285. The fraction of sp³-hybridized carbons (Fsp3) is 0.773. The van der Waals surface area contributed by atoms with Crippen molar-refractivity contribution in [1.82, 2.24) is 53.2 Å². The lowest BCUT2D eigenvalue weighted by Crippen LogP contribution is -2.63. The van der Waals surface area contributed by atoms with E-state index in [1.54, 1.807) is 76.2 Å². The molecule has 0 saturated heterocycles. The lowest BCUT2D eigenvalue weighted by Gasteiger charge is -2.32. The number of nitrogens with zero attached hydrogens (tertiary/aromatic N) is 4. The van der Waals surface area contributed by atoms with Crippen molar-refractivity contribution in [2.45, 2.75) is 260 Å². The third-order valence-electron chi connectivity index (χ3n) is 18.6. The summed E-state index contributed by atoms with van der Waals surface area (Å²) in [4.78, 5) is 173. The molecular weight excluding hydrogens is 1300 g/mol. The van der Waals surface area contributed by atoms with Gasteiger partial charge in [-0.3, -0.25) is 72.7 Å². The first-order valence-corrected chi connectivity index (χ1v) is 35.7. The molecule has 0 aromatic heterocycles. The number of primary amides is 1. The van der Waals surface area contributed by atoms with E-state index >= 15 is 0 Å². The van der Waals surface area contributed by atoms with Crippen molar-refractivity contribution >= 4 is 88.8 Å². The number of guanidine groups is 4. The molecule has 30 N–H and O–H groups in total. The number of carbonyl (C=O) groups is 11. The summed E-state index contributed by atoms with van der Waals surface area (Å²) in [7, 11) is 0. The Labute approximate surface area is 597 Å². The van der Waals surface area contributed by atoms with Gasteiger partial charge in [0.05, 0.1) is 6.04 Å². The number of amides is 11. The van der Waals surface area contributed by atoms with Crippen LogP contribution in [0.4, 0.5) is 0 Å². The average molecular weight is 1430 g/mol. The number of aliphatic imine (C=N–C) groups is 4. The molecule has 0 aliphatic rings. The van der Waals surface area contributed by atoms with Gasteiger partial charge in [-0.25, -0.2) is 0 Å². The molecule has 0 heterocycles. The zero-order valence-corrected chi connectivity index (χ0v) is 62.4. The van der Waals surface area contributed by atoms with Gasteiger partial charge in [-0.2, -0.15) is 0 Å². The van der Waals surface area contributed by atoms with Crippen LogP contribution >= 0.6 is 0 Å². The van der Waals surface area contributed by atoms with Crippen molar-refractivity contribution < 1.29 is 52.7 Å². The monoisotopic (exact) mass is 1430 g/mol. The highest BCUT2D eigenvalue weighted by Crippen LogP contribution is 2.19. The second-order valence-corrected chi connectivity index (χ2v) is 26.6. The van der Waals surface area contributed by atoms with Gasteiger partial charge in [0.15, 0.2) is 23.8 Å². The highest BCUT2D eigenvalue weighted by Gasteiger charge is 2.40. The number of hydrogen-bond donors (Lipinski definition) is 20. The lowest BCUT2D eigenvalue weighted by molar-refractivity contribution is -0.138. The first-order chi connectivity index (χ1) is 47.4. The van der Waals surface area contributed by atoms with E-state index in [1.165, 1.54) is 0 Å². The Morgan fingerprint density at radius 1 is 0.257 bits per heavy atom. The van der Waals surface area contributed by atoms with Crippen LogP contribution < -0.4 is 111 Å². The van der Waals surface area contributed by atoms with Crippen LogP contribution in [-0.4, -0.2) is 181 Å². The van der Waals surface area contributed by atoms with Gasteiger partial charge in [-0.15, -0.1) is 0 Å². The second kappa shape index (κ2) is 48.9. The molecule has 11 amide bonds. The molecule has 35 heteroatoms. The molecule has 0 bridgehead atoms. The van der Waals surface area contributed by atoms with Crippen LogP contribution in [0.1, 0.15) is 193 Å². The highest BCUT2D eigenvalue weighted by atomic mass is 16.2. The van der Waals surface area contributed by atoms with Crippen molar-refractivity contribution in [3.63, 3.8) is 0 Å². The fourth-order valence-electron chi connectivity index (χ4n) is 10.4. The predicted molar refractivity (Wildman–Crippen MR) is 392 cm³/mol. The number of nitrogens with two attached hydrogens (primary N) is 10. The van der Waals surface area contributed by atoms with E-state index in [0.29, 0.717) is 51.4 Å². The first kappa shape index (κ1) is 92.2. The minimum atomic E-state index is -1.39. The first-order valence-electron chi connectivity index (χ1n) is 35.7. The zero-order chi connectivity index (χ0) is 77.4. The van der Waals surface area contributed by atoms with Crippen LogP contribution in [0.3, 0.4) is 0 Å². The van der Waals surface area contributed by atoms with Crippen LogP contribution in [0.2, 0.25) is 0 Å². The molecule has 0 aliphatic heterocycles. The molecule has 0 spiro atoms. The summed E-state index contributed by atoms with van der Waals surface area (Å²) in [6.45, 7) is 25.1. The van der Waals surface area contributed by atoms with E-state index in [1.807, 2.05) is 20.8 Å². The van der Waals surface area contributed by atoms with Crippen molar-refractivity contribution in [3.8, 4) is 0 Å². The van der Waals surface area contributed by atoms with E-state index < -0.39 is 167 Å². The number of rotatable bonds is 51. The molecule has 0 fully saturated rings. The highest BCUT2D eigenvalue weighted by molar-refractivity contribution is 5.99. The summed E-state index contributed by atoms with van der Waals surface area (Å²) < 4.78 is 0. The number of hydrogen-bond acceptors (Lipinski definition) is 16. The van der Waals surface area contributed by atoms with Crippen molar-refractivity contribution in [2.24, 2.45) is 119 Å². The van der Waals surface area contributed by atoms with E-state index in [4.69, 9.17) is 57.3 Å². The Morgan fingerprint density at radius 3 is 0.644 bits per heavy atom. The Bertz CT molecular complexity index is 2760. The maximum Gasteiger partial charge on any atom is 0.243 e. The summed E-state index contributed by atoms with van der Waals surface area (Å²) in [6.07, 6.45) is 3.69. The molecule has 0 saturated carbocycles. The summed E-state index contributed by atoms with van der Waals surface area (Å²) in [6, 6.07) is -13.7. The molecule has 0 aliphatic carbocycles. The molecule has 578 valence electrons. The third kappa shape index (κ3) is 34.4. The summed E-state index contributed by atoms with van der Waals surface area (Å²) in [5.41, 5.74) is 56.3. The zero-order valence-electron chi connectivity index (χ0n) is 62.4. The predicted octanol–water partition coefficient (Wildman–Crippen LogP) is -2.82. The van der Waals surface area contributed by atoms with Gasteiger partial charge < -0.3 is 111 Å². The van der Waals surface area contributed by atoms with Crippen LogP contribution in [0.25, 0.3) is 0 Å². The van der Waals surface area contributed by atoms with Crippen LogP contribution in [0.5, 0.6) is 0 Å². The van der Waals surface area contributed by atoms with E-state index in [-0.39, 0.29) is 101 Å². The fourth-order valence-corrected chi connectivity index (χ4v) is 10.4. The largest absolute Gasteiger partial charge is 0.370 e. The van der Waals surface area contributed by atoms with Crippen LogP contribution in [-0.2, 0) is 52.7 Å². The Balaban J connectivity index is 7.39. The van der Waals surface area contributed by atoms with Crippen LogP contribution in [0.15, 0.2) is 20.0 Å². The summed E-state index contributed by atoms with van der Waals surface area (Å²) in [5, 5.41) is 27.8. The average Bonchev–Trinajstić information content (AvgIpc) is 0.846. The summed E-state index contributed by atoms with van der Waals surface area (Å²) >= 11 is 0. The van der Waals surface area contributed by atoms with Crippen molar-refractivity contribution in [1.29, 1.82) is 0 Å². The Kier molecular flexibility index (Phi) is 44.6.